The second kappa shape index (κ2) is 8.17. The quantitative estimate of drug-likeness (QED) is 0.471. The van der Waals surface area contributed by atoms with Gasteiger partial charge in [0.25, 0.3) is 11.7 Å². The van der Waals surface area contributed by atoms with E-state index in [0.29, 0.717) is 24.5 Å². The highest BCUT2D eigenvalue weighted by atomic mass is 16.5. The fraction of sp³-hybridized carbons (Fsp3) is 0.273. The Bertz CT molecular complexity index is 898. The molecule has 0 spiro atoms. The van der Waals surface area contributed by atoms with E-state index in [1.165, 1.54) is 19.1 Å². The maximum absolute atomic E-state index is 12.9. The third-order valence-electron chi connectivity index (χ3n) is 4.78. The van der Waals surface area contributed by atoms with E-state index >= 15 is 0 Å². The number of methoxy groups -OCH3 is 2. The van der Waals surface area contributed by atoms with Crippen LogP contribution in [0.2, 0.25) is 0 Å². The number of benzene rings is 2. The Hall–Kier alpha value is -3.28. The summed E-state index contributed by atoms with van der Waals surface area (Å²) in [5.41, 5.74) is 1.04. The van der Waals surface area contributed by atoms with Crippen molar-refractivity contribution in [2.45, 2.75) is 19.4 Å². The molecule has 1 aliphatic heterocycles. The highest BCUT2D eigenvalue weighted by Crippen LogP contribution is 2.43. The standard InChI is InChI=1S/C22H23NO5/c1-4-13-23-19(14-9-6-5-7-10-14)18(21(25)22(23)26)20(24)17-15(27-2)11-8-12-16(17)28-3/h5-12,19,24H,4,13H2,1-3H3/b20-18+. The van der Waals surface area contributed by atoms with Gasteiger partial charge >= 0.3 is 0 Å². The van der Waals surface area contributed by atoms with Crippen LogP contribution in [0.3, 0.4) is 0 Å². The highest BCUT2D eigenvalue weighted by molar-refractivity contribution is 6.46. The van der Waals surface area contributed by atoms with Gasteiger partial charge in [0.1, 0.15) is 22.8 Å². The molecule has 0 aromatic heterocycles. The molecule has 2 aromatic carbocycles. The Labute approximate surface area is 164 Å². The SMILES string of the molecule is CCCN1C(=O)C(=O)/C(=C(/O)c2c(OC)cccc2OC)C1c1ccccc1. The van der Waals surface area contributed by atoms with Gasteiger partial charge < -0.3 is 19.5 Å². The molecule has 28 heavy (non-hydrogen) atoms. The van der Waals surface area contributed by atoms with Gasteiger partial charge in [0.15, 0.2) is 0 Å². The monoisotopic (exact) mass is 381 g/mol. The zero-order valence-electron chi connectivity index (χ0n) is 16.1. The summed E-state index contributed by atoms with van der Waals surface area (Å²) in [4.78, 5) is 27.1. The summed E-state index contributed by atoms with van der Waals surface area (Å²) >= 11 is 0. The van der Waals surface area contributed by atoms with Gasteiger partial charge in [0.2, 0.25) is 0 Å². The maximum Gasteiger partial charge on any atom is 0.295 e. The van der Waals surface area contributed by atoms with Crippen LogP contribution in [0.15, 0.2) is 54.1 Å². The summed E-state index contributed by atoms with van der Waals surface area (Å²) in [6, 6.07) is 13.6. The molecule has 0 bridgehead atoms. The number of nitrogens with zero attached hydrogens (tertiary/aromatic N) is 1. The van der Waals surface area contributed by atoms with Crippen molar-refractivity contribution >= 4 is 17.4 Å². The van der Waals surface area contributed by atoms with Crippen molar-refractivity contribution in [2.24, 2.45) is 0 Å². The molecule has 0 radical (unpaired) electrons. The molecule has 146 valence electrons. The number of amides is 1. The lowest BCUT2D eigenvalue weighted by Gasteiger charge is -2.25. The molecule has 1 heterocycles. The Kier molecular flexibility index (Phi) is 5.68. The molecule has 0 saturated carbocycles. The summed E-state index contributed by atoms with van der Waals surface area (Å²) in [5.74, 6) is -0.935. The van der Waals surface area contributed by atoms with Crippen molar-refractivity contribution in [3.63, 3.8) is 0 Å². The minimum absolute atomic E-state index is 0.0347. The van der Waals surface area contributed by atoms with Gasteiger partial charge in [-0.3, -0.25) is 9.59 Å². The average Bonchev–Trinajstić information content (AvgIpc) is 2.98. The second-order valence-electron chi connectivity index (χ2n) is 6.44. The zero-order chi connectivity index (χ0) is 20.3. The van der Waals surface area contributed by atoms with E-state index in [2.05, 4.69) is 0 Å². The predicted octanol–water partition coefficient (Wildman–Crippen LogP) is 3.54. The Morgan fingerprint density at radius 1 is 1.00 bits per heavy atom. The number of aliphatic hydroxyl groups excluding tert-OH is 1. The van der Waals surface area contributed by atoms with E-state index in [4.69, 9.17) is 9.47 Å². The van der Waals surface area contributed by atoms with E-state index in [0.717, 1.165) is 5.56 Å². The molecule has 1 N–H and O–H groups in total. The van der Waals surface area contributed by atoms with Gasteiger partial charge in [0.05, 0.1) is 25.8 Å². The van der Waals surface area contributed by atoms with Crippen molar-refractivity contribution in [3.8, 4) is 11.5 Å². The molecule has 1 unspecified atom stereocenters. The van der Waals surface area contributed by atoms with E-state index in [1.54, 1.807) is 18.2 Å². The largest absolute Gasteiger partial charge is 0.506 e. The van der Waals surface area contributed by atoms with Crippen LogP contribution >= 0.6 is 0 Å². The molecule has 6 heteroatoms. The smallest absolute Gasteiger partial charge is 0.295 e. The fourth-order valence-corrected chi connectivity index (χ4v) is 3.55. The van der Waals surface area contributed by atoms with Crippen LogP contribution in [-0.4, -0.2) is 42.5 Å². The zero-order valence-corrected chi connectivity index (χ0v) is 16.1. The average molecular weight is 381 g/mol. The summed E-state index contributed by atoms with van der Waals surface area (Å²) < 4.78 is 10.7. The van der Waals surface area contributed by atoms with Crippen LogP contribution in [0, 0.1) is 0 Å². The first-order valence-electron chi connectivity index (χ1n) is 9.09. The first-order valence-corrected chi connectivity index (χ1v) is 9.09. The van der Waals surface area contributed by atoms with E-state index in [9.17, 15) is 14.7 Å². The van der Waals surface area contributed by atoms with Gasteiger partial charge in [-0.1, -0.05) is 43.3 Å². The molecular weight excluding hydrogens is 358 g/mol. The number of hydrogen-bond acceptors (Lipinski definition) is 5. The predicted molar refractivity (Wildman–Crippen MR) is 105 cm³/mol. The normalized spacial score (nSPS) is 18.4. The summed E-state index contributed by atoms with van der Waals surface area (Å²) in [6.07, 6.45) is 0.689. The van der Waals surface area contributed by atoms with Gasteiger partial charge in [-0.2, -0.15) is 0 Å². The Morgan fingerprint density at radius 3 is 2.14 bits per heavy atom. The van der Waals surface area contributed by atoms with Crippen LogP contribution in [0.5, 0.6) is 11.5 Å². The minimum atomic E-state index is -0.715. The number of aliphatic hydroxyl groups is 1. The van der Waals surface area contributed by atoms with Gasteiger partial charge in [-0.25, -0.2) is 0 Å². The third kappa shape index (κ3) is 3.22. The summed E-state index contributed by atoms with van der Waals surface area (Å²) in [7, 11) is 2.94. The number of ether oxygens (including phenoxy) is 2. The highest BCUT2D eigenvalue weighted by Gasteiger charge is 2.46. The number of hydrogen-bond donors (Lipinski definition) is 1. The molecule has 6 nitrogen and oxygen atoms in total. The lowest BCUT2D eigenvalue weighted by Crippen LogP contribution is -2.30. The third-order valence-corrected chi connectivity index (χ3v) is 4.78. The lowest BCUT2D eigenvalue weighted by molar-refractivity contribution is -0.139. The molecule has 1 amide bonds. The molecule has 1 fully saturated rings. The number of likely N-dealkylation sites (tertiary alicyclic amines) is 1. The van der Waals surface area contributed by atoms with Gasteiger partial charge in [0, 0.05) is 6.54 Å². The number of ketones is 1. The van der Waals surface area contributed by atoms with Crippen LogP contribution in [-0.2, 0) is 9.59 Å². The molecule has 0 aliphatic carbocycles. The number of carbonyl (C=O) groups is 2. The van der Waals surface area contributed by atoms with Crippen LogP contribution in [0.25, 0.3) is 5.76 Å². The first-order chi connectivity index (χ1) is 13.5. The van der Waals surface area contributed by atoms with E-state index in [-0.39, 0.29) is 16.9 Å². The van der Waals surface area contributed by atoms with Gasteiger partial charge in [-0.15, -0.1) is 0 Å². The second-order valence-corrected chi connectivity index (χ2v) is 6.44. The van der Waals surface area contributed by atoms with Crippen molar-refractivity contribution in [2.75, 3.05) is 20.8 Å². The fourth-order valence-electron chi connectivity index (χ4n) is 3.55. The van der Waals surface area contributed by atoms with Gasteiger partial charge in [-0.05, 0) is 24.1 Å². The Balaban J connectivity index is 2.28. The van der Waals surface area contributed by atoms with Crippen LogP contribution in [0.1, 0.15) is 30.5 Å². The van der Waals surface area contributed by atoms with Crippen molar-refractivity contribution in [3.05, 3.63) is 65.2 Å². The van der Waals surface area contributed by atoms with E-state index in [1.807, 2.05) is 37.3 Å². The number of carbonyl (C=O) groups excluding carboxylic acids is 2. The Morgan fingerprint density at radius 2 is 1.61 bits per heavy atom. The summed E-state index contributed by atoms with van der Waals surface area (Å²) in [6.45, 7) is 2.34. The summed E-state index contributed by atoms with van der Waals surface area (Å²) in [5, 5.41) is 11.2. The molecule has 2 aromatic rings. The minimum Gasteiger partial charge on any atom is -0.506 e. The first kappa shape index (κ1) is 19.5. The molecule has 3 rings (SSSR count). The topological polar surface area (TPSA) is 76.1 Å². The van der Waals surface area contributed by atoms with Crippen molar-refractivity contribution < 1.29 is 24.2 Å². The van der Waals surface area contributed by atoms with Crippen molar-refractivity contribution in [1.82, 2.24) is 4.90 Å². The maximum atomic E-state index is 12.9. The van der Waals surface area contributed by atoms with Crippen LogP contribution < -0.4 is 9.47 Å². The van der Waals surface area contributed by atoms with Crippen molar-refractivity contribution in [1.29, 1.82) is 0 Å². The lowest BCUT2D eigenvalue weighted by atomic mass is 9.94. The molecule has 1 saturated heterocycles. The molecule has 1 aliphatic rings. The number of rotatable bonds is 6. The molecular formula is C22H23NO5. The van der Waals surface area contributed by atoms with Crippen LogP contribution in [0.4, 0.5) is 0 Å². The van der Waals surface area contributed by atoms with E-state index < -0.39 is 17.7 Å². The number of Topliss-reactive ketones (excluding diaryl/α,β-unsaturated/α-hetero) is 1. The molecule has 1 atom stereocenters.